The van der Waals surface area contributed by atoms with Crippen molar-refractivity contribution in [3.63, 3.8) is 0 Å². The van der Waals surface area contributed by atoms with Crippen molar-refractivity contribution in [1.29, 1.82) is 0 Å². The molecule has 0 aromatic rings. The highest BCUT2D eigenvalue weighted by atomic mass is 16.5. The molecule has 0 bridgehead atoms. The molecular weight excluding hydrogens is 426 g/mol. The number of nitrogens with zero attached hydrogens (tertiary/aromatic N) is 2. The first kappa shape index (κ1) is 25.4. The average Bonchev–Trinajstić information content (AvgIpc) is 2.84. The molecule has 4 N–H and O–H groups in total. The fraction of sp³-hybridized carbons (Fsp3) is 0.826. The Bertz CT molecular complexity index is 705. The summed E-state index contributed by atoms with van der Waals surface area (Å²) >= 11 is 0. The number of nitrogens with one attached hydrogen (secondary N) is 2. The summed E-state index contributed by atoms with van der Waals surface area (Å²) in [5, 5.41) is 6.06. The monoisotopic (exact) mass is 465 g/mol. The van der Waals surface area contributed by atoms with Crippen LogP contribution < -0.4 is 16.4 Å². The zero-order valence-corrected chi connectivity index (χ0v) is 19.7. The van der Waals surface area contributed by atoms with Crippen molar-refractivity contribution in [2.75, 3.05) is 46.4 Å². The van der Waals surface area contributed by atoms with E-state index in [1.54, 1.807) is 4.90 Å². The Kier molecular flexibility index (Phi) is 9.49. The average molecular weight is 466 g/mol. The van der Waals surface area contributed by atoms with E-state index in [1.165, 1.54) is 18.4 Å². The van der Waals surface area contributed by atoms with Crippen molar-refractivity contribution in [2.45, 2.75) is 63.5 Å². The van der Waals surface area contributed by atoms with Gasteiger partial charge < -0.3 is 30.9 Å². The zero-order valence-electron chi connectivity index (χ0n) is 19.7. The normalized spacial score (nSPS) is 23.7. The van der Waals surface area contributed by atoms with Gasteiger partial charge in [-0.3, -0.25) is 19.2 Å². The Labute approximate surface area is 195 Å². The van der Waals surface area contributed by atoms with Gasteiger partial charge in [0.1, 0.15) is 18.7 Å². The van der Waals surface area contributed by atoms with Crippen LogP contribution in [0, 0.1) is 11.8 Å². The third-order valence-corrected chi connectivity index (χ3v) is 7.22. The third-order valence-electron chi connectivity index (χ3n) is 7.22. The van der Waals surface area contributed by atoms with Crippen molar-refractivity contribution in [1.82, 2.24) is 20.4 Å². The van der Waals surface area contributed by atoms with Gasteiger partial charge in [-0.2, -0.15) is 0 Å². The first-order valence-corrected chi connectivity index (χ1v) is 12.3. The van der Waals surface area contributed by atoms with E-state index in [0.717, 1.165) is 51.6 Å². The Balaban J connectivity index is 1.69. The summed E-state index contributed by atoms with van der Waals surface area (Å²) in [7, 11) is 1.43. The number of amides is 4. The van der Waals surface area contributed by atoms with E-state index < -0.39 is 23.9 Å². The van der Waals surface area contributed by atoms with Gasteiger partial charge in [0.05, 0.1) is 6.54 Å². The van der Waals surface area contributed by atoms with Crippen molar-refractivity contribution in [2.24, 2.45) is 17.6 Å². The van der Waals surface area contributed by atoms with E-state index in [4.69, 9.17) is 10.5 Å². The van der Waals surface area contributed by atoms with E-state index in [-0.39, 0.29) is 37.4 Å². The first-order chi connectivity index (χ1) is 15.9. The summed E-state index contributed by atoms with van der Waals surface area (Å²) in [4.78, 5) is 54.3. The third kappa shape index (κ3) is 6.89. The van der Waals surface area contributed by atoms with E-state index in [0.29, 0.717) is 18.9 Å². The lowest BCUT2D eigenvalue weighted by Gasteiger charge is -2.42. The molecule has 0 unspecified atom stereocenters. The molecular formula is C23H39N5O5. The largest absolute Gasteiger partial charge is 0.375 e. The lowest BCUT2D eigenvalue weighted by Crippen LogP contribution is -2.64. The van der Waals surface area contributed by atoms with E-state index >= 15 is 0 Å². The smallest absolute Gasteiger partial charge is 0.249 e. The molecule has 3 rings (SSSR count). The number of nitrogens with two attached hydrogens (primary N) is 1. The number of primary amides is 1. The highest BCUT2D eigenvalue weighted by Crippen LogP contribution is 2.27. The molecule has 2 atom stereocenters. The lowest BCUT2D eigenvalue weighted by molar-refractivity contribution is -0.152. The fourth-order valence-electron chi connectivity index (χ4n) is 5.31. The quantitative estimate of drug-likeness (QED) is 0.447. The summed E-state index contributed by atoms with van der Waals surface area (Å²) in [5.41, 5.74) is 5.62. The molecule has 1 aliphatic carbocycles. The van der Waals surface area contributed by atoms with Gasteiger partial charge in [-0.25, -0.2) is 0 Å². The molecule has 2 saturated heterocycles. The fourth-order valence-corrected chi connectivity index (χ4v) is 5.31. The Morgan fingerprint density at radius 1 is 1.06 bits per heavy atom. The maximum atomic E-state index is 13.3. The van der Waals surface area contributed by atoms with Gasteiger partial charge in [-0.05, 0) is 38.3 Å². The minimum Gasteiger partial charge on any atom is -0.375 e. The summed E-state index contributed by atoms with van der Waals surface area (Å²) in [6.45, 7) is 2.19. The molecule has 0 aromatic heterocycles. The number of carbonyl (C=O) groups excluding carboxylic acids is 4. The summed E-state index contributed by atoms with van der Waals surface area (Å²) in [6, 6.07) is -1.66. The summed E-state index contributed by atoms with van der Waals surface area (Å²) in [6.07, 6.45) is 7.55. The highest BCUT2D eigenvalue weighted by molar-refractivity contribution is 5.93. The predicted octanol–water partition coefficient (Wildman–Crippen LogP) is -0.388. The summed E-state index contributed by atoms with van der Waals surface area (Å²) < 4.78 is 4.99. The van der Waals surface area contributed by atoms with Crippen molar-refractivity contribution < 1.29 is 23.9 Å². The molecule has 4 amide bonds. The van der Waals surface area contributed by atoms with Gasteiger partial charge in [0.2, 0.25) is 23.6 Å². The topological polar surface area (TPSA) is 134 Å². The number of hydrogen-bond acceptors (Lipinski definition) is 6. The number of piperazine rings is 1. The number of ether oxygens (including phenoxy) is 1. The molecule has 33 heavy (non-hydrogen) atoms. The van der Waals surface area contributed by atoms with Crippen LogP contribution >= 0.6 is 0 Å². The number of rotatable bonds is 8. The molecule has 2 heterocycles. The number of piperidine rings is 1. The van der Waals surface area contributed by atoms with Gasteiger partial charge in [-0.1, -0.05) is 32.1 Å². The van der Waals surface area contributed by atoms with Gasteiger partial charge in [0, 0.05) is 26.1 Å². The maximum absolute atomic E-state index is 13.3. The van der Waals surface area contributed by atoms with E-state index in [9.17, 15) is 19.2 Å². The molecule has 186 valence electrons. The molecule has 10 nitrogen and oxygen atoms in total. The molecule has 1 saturated carbocycles. The van der Waals surface area contributed by atoms with Crippen LogP contribution in [0.5, 0.6) is 0 Å². The van der Waals surface area contributed by atoms with Gasteiger partial charge >= 0.3 is 0 Å². The Hall–Kier alpha value is -2.20. The van der Waals surface area contributed by atoms with Crippen LogP contribution in [0.1, 0.15) is 51.4 Å². The molecule has 3 aliphatic rings. The second kappa shape index (κ2) is 12.3. The molecule has 0 aromatic carbocycles. The molecule has 2 aliphatic heterocycles. The van der Waals surface area contributed by atoms with Gasteiger partial charge in [-0.15, -0.1) is 0 Å². The Morgan fingerprint density at radius 3 is 2.39 bits per heavy atom. The second-order valence-electron chi connectivity index (χ2n) is 9.55. The molecule has 0 radical (unpaired) electrons. The second-order valence-corrected chi connectivity index (χ2v) is 9.55. The van der Waals surface area contributed by atoms with Crippen LogP contribution in [0.3, 0.4) is 0 Å². The minimum absolute atomic E-state index is 0.0294. The predicted molar refractivity (Wildman–Crippen MR) is 122 cm³/mol. The van der Waals surface area contributed by atoms with E-state index in [2.05, 4.69) is 10.6 Å². The van der Waals surface area contributed by atoms with Gasteiger partial charge in [0.15, 0.2) is 0 Å². The van der Waals surface area contributed by atoms with Crippen LogP contribution in [-0.4, -0.2) is 92.0 Å². The highest BCUT2D eigenvalue weighted by Gasteiger charge is 2.39. The maximum Gasteiger partial charge on any atom is 0.249 e. The first-order valence-electron chi connectivity index (χ1n) is 12.3. The minimum atomic E-state index is -0.875. The molecule has 10 heteroatoms. The van der Waals surface area contributed by atoms with Gasteiger partial charge in [0.25, 0.3) is 0 Å². The lowest BCUT2D eigenvalue weighted by atomic mass is 9.84. The molecule has 0 spiro atoms. The van der Waals surface area contributed by atoms with Crippen LogP contribution in [-0.2, 0) is 23.9 Å². The standard InChI is InChI=1S/C23H39N5O5/c1-33-15-20(29)28-12-11-27(23(32)17-7-9-25-10-8-17)14-19(28)22(31)26-18(21(24)30)13-16-5-3-2-4-6-16/h16-19,25H,2-15H2,1H3,(H2,24,30)(H,26,31)/t18-,19+/m0/s1. The molecule has 3 fully saturated rings. The van der Waals surface area contributed by atoms with Crippen LogP contribution in [0.25, 0.3) is 0 Å². The number of methoxy groups -OCH3 is 1. The van der Waals surface area contributed by atoms with Crippen molar-refractivity contribution in [3.8, 4) is 0 Å². The SMILES string of the molecule is COCC(=O)N1CCN(C(=O)C2CCNCC2)C[C@@H]1C(=O)N[C@@H](CC1CCCCC1)C(N)=O. The van der Waals surface area contributed by atoms with E-state index in [1.807, 2.05) is 0 Å². The van der Waals surface area contributed by atoms with Crippen LogP contribution in [0.15, 0.2) is 0 Å². The van der Waals surface area contributed by atoms with Crippen LogP contribution in [0.4, 0.5) is 0 Å². The van der Waals surface area contributed by atoms with Crippen LogP contribution in [0.2, 0.25) is 0 Å². The Morgan fingerprint density at radius 2 is 1.76 bits per heavy atom. The van der Waals surface area contributed by atoms with Crippen molar-refractivity contribution in [3.05, 3.63) is 0 Å². The number of hydrogen-bond donors (Lipinski definition) is 3. The zero-order chi connectivity index (χ0) is 23.8. The number of carbonyl (C=O) groups is 4. The van der Waals surface area contributed by atoms with Crippen molar-refractivity contribution >= 4 is 23.6 Å². The summed E-state index contributed by atoms with van der Waals surface area (Å²) in [5.74, 6) is -1.01.